The summed E-state index contributed by atoms with van der Waals surface area (Å²) in [6.07, 6.45) is 0.213. The maximum Gasteiger partial charge on any atom is 0.256 e. The van der Waals surface area contributed by atoms with E-state index < -0.39 is 0 Å². The fraction of sp³-hybridized carbons (Fsp3) is 0.227. The number of nitrogens with zero attached hydrogens (tertiary/aromatic N) is 1. The quantitative estimate of drug-likeness (QED) is 0.732. The zero-order chi connectivity index (χ0) is 19.7. The molecule has 1 amide bonds. The molecule has 0 fully saturated rings. The molecule has 3 aromatic rings. The van der Waals surface area contributed by atoms with Crippen LogP contribution in [0.25, 0.3) is 0 Å². The lowest BCUT2D eigenvalue weighted by atomic mass is 9.87. The monoisotopic (exact) mass is 375 g/mol. The number of aromatic nitrogens is 2. The lowest BCUT2D eigenvalue weighted by molar-refractivity contribution is -0.116. The number of aryl methyl sites for hydroxylation is 2. The third-order valence-electron chi connectivity index (χ3n) is 5.01. The molecule has 4 rings (SSSR count). The highest BCUT2D eigenvalue weighted by Gasteiger charge is 2.30. The lowest BCUT2D eigenvalue weighted by Gasteiger charge is -2.24. The van der Waals surface area contributed by atoms with E-state index in [2.05, 4.69) is 28.3 Å². The minimum absolute atomic E-state index is 0.144. The molecule has 0 radical (unpaired) electrons. The molecule has 28 heavy (non-hydrogen) atoms. The van der Waals surface area contributed by atoms with Crippen molar-refractivity contribution in [1.29, 1.82) is 0 Å². The third kappa shape index (κ3) is 3.53. The number of carbonyl (C=O) groups is 1. The van der Waals surface area contributed by atoms with Crippen molar-refractivity contribution >= 4 is 11.7 Å². The molecule has 0 saturated heterocycles. The normalized spacial score (nSPS) is 15.6. The van der Waals surface area contributed by atoms with Crippen LogP contribution < -0.4 is 15.6 Å². The van der Waals surface area contributed by atoms with Gasteiger partial charge in [0.1, 0.15) is 24.0 Å². The van der Waals surface area contributed by atoms with Crippen molar-refractivity contribution in [2.45, 2.75) is 32.8 Å². The molecule has 142 valence electrons. The van der Waals surface area contributed by atoms with Crippen molar-refractivity contribution in [3.05, 3.63) is 87.0 Å². The number of aromatic amines is 1. The van der Waals surface area contributed by atoms with Gasteiger partial charge >= 0.3 is 0 Å². The van der Waals surface area contributed by atoms with Crippen LogP contribution in [0.1, 0.15) is 40.4 Å². The second-order valence-electron chi connectivity index (χ2n) is 7.00. The Hall–Kier alpha value is -3.41. The lowest BCUT2D eigenvalue weighted by Crippen LogP contribution is -2.31. The summed E-state index contributed by atoms with van der Waals surface area (Å²) in [7, 11) is 0. The van der Waals surface area contributed by atoms with Gasteiger partial charge in [-0.3, -0.25) is 9.59 Å². The van der Waals surface area contributed by atoms with E-state index in [1.807, 2.05) is 42.5 Å². The number of anilines is 1. The van der Waals surface area contributed by atoms with Crippen LogP contribution in [0.2, 0.25) is 0 Å². The minimum atomic E-state index is -0.328. The first-order valence-corrected chi connectivity index (χ1v) is 9.19. The molecule has 2 aromatic carbocycles. The van der Waals surface area contributed by atoms with Gasteiger partial charge in [0.05, 0.1) is 5.56 Å². The van der Waals surface area contributed by atoms with Gasteiger partial charge in [0.2, 0.25) is 5.91 Å². The Morgan fingerprint density at radius 3 is 2.57 bits per heavy atom. The molecule has 2 N–H and O–H groups in total. The van der Waals surface area contributed by atoms with E-state index in [1.54, 1.807) is 6.92 Å². The summed E-state index contributed by atoms with van der Waals surface area (Å²) in [6.45, 7) is 4.24. The minimum Gasteiger partial charge on any atom is -0.489 e. The number of nitrogens with one attached hydrogen (secondary N) is 2. The number of ether oxygens (including phenoxy) is 1. The fourth-order valence-corrected chi connectivity index (χ4v) is 3.50. The van der Waals surface area contributed by atoms with Crippen molar-refractivity contribution in [2.24, 2.45) is 0 Å². The third-order valence-corrected chi connectivity index (χ3v) is 5.01. The zero-order valence-electron chi connectivity index (χ0n) is 15.8. The van der Waals surface area contributed by atoms with Crippen LogP contribution in [0.5, 0.6) is 5.75 Å². The van der Waals surface area contributed by atoms with Gasteiger partial charge in [0, 0.05) is 12.3 Å². The van der Waals surface area contributed by atoms with Crippen LogP contribution in [0.3, 0.4) is 0 Å². The maximum atomic E-state index is 12.5. The van der Waals surface area contributed by atoms with Gasteiger partial charge in [-0.25, -0.2) is 4.98 Å². The Bertz CT molecular complexity index is 1090. The number of H-pyrrole nitrogens is 1. The molecule has 6 heteroatoms. The van der Waals surface area contributed by atoms with E-state index in [0.717, 1.165) is 16.9 Å². The molecule has 0 spiro atoms. The Balaban J connectivity index is 1.57. The first-order valence-electron chi connectivity index (χ1n) is 9.19. The standard InChI is InChI=1S/C22H21N3O3/c1-13-5-3-4-6-16(13)12-28-17-9-7-15(8-10-17)18-11-19(26)25-21-20(18)22(27)24-14(2)23-21/h3-10,18H,11-12H2,1-2H3,(H2,23,24,25,26,27)/t18-/m0/s1. The molecule has 6 nitrogen and oxygen atoms in total. The first-order chi connectivity index (χ1) is 13.5. The number of hydrogen-bond acceptors (Lipinski definition) is 4. The summed E-state index contributed by atoms with van der Waals surface area (Å²) in [4.78, 5) is 31.6. The van der Waals surface area contributed by atoms with E-state index in [9.17, 15) is 9.59 Å². The summed E-state index contributed by atoms with van der Waals surface area (Å²) in [5.41, 5.74) is 3.49. The van der Waals surface area contributed by atoms with E-state index in [0.29, 0.717) is 23.8 Å². The smallest absolute Gasteiger partial charge is 0.256 e. The number of amides is 1. The first kappa shape index (κ1) is 18.0. The Morgan fingerprint density at radius 1 is 1.07 bits per heavy atom. The molecule has 1 aliphatic heterocycles. The molecule has 1 atom stereocenters. The summed E-state index contributed by atoms with van der Waals surface area (Å²) in [6, 6.07) is 15.6. The van der Waals surface area contributed by atoms with Crippen LogP contribution in [-0.2, 0) is 11.4 Å². The summed E-state index contributed by atoms with van der Waals surface area (Å²) in [5.74, 6) is 1.09. The molecule has 0 bridgehead atoms. The van der Waals surface area contributed by atoms with E-state index in [1.165, 1.54) is 5.56 Å². The number of carbonyl (C=O) groups excluding carboxylic acids is 1. The van der Waals surface area contributed by atoms with Gasteiger partial charge in [0.15, 0.2) is 0 Å². The van der Waals surface area contributed by atoms with E-state index in [-0.39, 0.29) is 23.8 Å². The average molecular weight is 375 g/mol. The van der Waals surface area contributed by atoms with Crippen LogP contribution in [0.4, 0.5) is 5.82 Å². The average Bonchev–Trinajstić information content (AvgIpc) is 2.66. The molecule has 0 saturated carbocycles. The van der Waals surface area contributed by atoms with Gasteiger partial charge < -0.3 is 15.0 Å². The van der Waals surface area contributed by atoms with Crippen LogP contribution in [-0.4, -0.2) is 15.9 Å². The van der Waals surface area contributed by atoms with Crippen molar-refractivity contribution in [2.75, 3.05) is 5.32 Å². The highest BCUT2D eigenvalue weighted by molar-refractivity contribution is 5.94. The van der Waals surface area contributed by atoms with Crippen LogP contribution in [0, 0.1) is 13.8 Å². The number of rotatable bonds is 4. The Kier molecular flexibility index (Phi) is 4.69. The van der Waals surface area contributed by atoms with Crippen molar-refractivity contribution in [3.63, 3.8) is 0 Å². The summed E-state index contributed by atoms with van der Waals surface area (Å²) < 4.78 is 5.89. The topological polar surface area (TPSA) is 84.1 Å². The number of benzene rings is 2. The van der Waals surface area contributed by atoms with E-state index >= 15 is 0 Å². The van der Waals surface area contributed by atoms with Gasteiger partial charge in [0.25, 0.3) is 5.56 Å². The van der Waals surface area contributed by atoms with Crippen LogP contribution >= 0.6 is 0 Å². The van der Waals surface area contributed by atoms with Gasteiger partial charge in [-0.05, 0) is 42.7 Å². The molecule has 2 heterocycles. The van der Waals surface area contributed by atoms with Crippen molar-refractivity contribution < 1.29 is 9.53 Å². The Labute approximate surface area is 162 Å². The van der Waals surface area contributed by atoms with Gasteiger partial charge in [-0.1, -0.05) is 36.4 Å². The van der Waals surface area contributed by atoms with Crippen molar-refractivity contribution in [1.82, 2.24) is 9.97 Å². The molecular weight excluding hydrogens is 354 g/mol. The number of fused-ring (bicyclic) bond motifs is 1. The molecule has 0 unspecified atom stereocenters. The SMILES string of the molecule is Cc1nc2c(c(=O)[nH]1)[C@H](c1ccc(OCc3ccccc3C)cc1)CC(=O)N2. The molecular formula is C22H21N3O3. The van der Waals surface area contributed by atoms with Gasteiger partial charge in [-0.2, -0.15) is 0 Å². The predicted molar refractivity (Wildman–Crippen MR) is 107 cm³/mol. The highest BCUT2D eigenvalue weighted by Crippen LogP contribution is 2.34. The number of hydrogen-bond donors (Lipinski definition) is 2. The van der Waals surface area contributed by atoms with Crippen LogP contribution in [0.15, 0.2) is 53.3 Å². The maximum absolute atomic E-state index is 12.5. The summed E-state index contributed by atoms with van der Waals surface area (Å²) >= 11 is 0. The molecule has 1 aliphatic rings. The molecule has 1 aromatic heterocycles. The fourth-order valence-electron chi connectivity index (χ4n) is 3.50. The zero-order valence-corrected chi connectivity index (χ0v) is 15.8. The summed E-state index contributed by atoms with van der Waals surface area (Å²) in [5, 5.41) is 2.70. The van der Waals surface area contributed by atoms with Crippen molar-refractivity contribution in [3.8, 4) is 5.75 Å². The second-order valence-corrected chi connectivity index (χ2v) is 7.00. The highest BCUT2D eigenvalue weighted by atomic mass is 16.5. The van der Waals surface area contributed by atoms with E-state index in [4.69, 9.17) is 4.74 Å². The predicted octanol–water partition coefficient (Wildman–Crippen LogP) is 3.44. The second kappa shape index (κ2) is 7.31. The molecule has 0 aliphatic carbocycles. The Morgan fingerprint density at radius 2 is 1.82 bits per heavy atom. The van der Waals surface area contributed by atoms with Gasteiger partial charge in [-0.15, -0.1) is 0 Å². The largest absolute Gasteiger partial charge is 0.489 e.